The van der Waals surface area contributed by atoms with Crippen LogP contribution in [0.5, 0.6) is 0 Å². The predicted molar refractivity (Wildman–Crippen MR) is 125 cm³/mol. The van der Waals surface area contributed by atoms with E-state index in [2.05, 4.69) is 4.98 Å². The molecule has 0 unspecified atom stereocenters. The maximum Gasteiger partial charge on any atom is 0.335 e. The molecule has 1 aliphatic heterocycles. The zero-order valence-electron chi connectivity index (χ0n) is 18.7. The quantitative estimate of drug-likeness (QED) is 0.630. The normalized spacial score (nSPS) is 17.4. The summed E-state index contributed by atoms with van der Waals surface area (Å²) in [5.74, 6) is -0.584. The minimum absolute atomic E-state index is 0.0169. The minimum Gasteiger partial charge on any atom is -0.478 e. The Morgan fingerprint density at radius 2 is 1.85 bits per heavy atom. The Balaban J connectivity index is 1.71. The Labute approximate surface area is 193 Å². The van der Waals surface area contributed by atoms with E-state index in [1.807, 2.05) is 33.7 Å². The van der Waals surface area contributed by atoms with Crippen molar-refractivity contribution in [2.24, 2.45) is 0 Å². The minimum atomic E-state index is -0.970. The first-order valence-electron chi connectivity index (χ1n) is 11.8. The number of rotatable bonds is 5. The number of nitrogens with zero attached hydrogens (tertiary/aromatic N) is 3. The predicted octanol–water partition coefficient (Wildman–Crippen LogP) is 4.31. The first-order valence-corrected chi connectivity index (χ1v) is 11.8. The second-order valence-electron chi connectivity index (χ2n) is 8.93. The van der Waals surface area contributed by atoms with Crippen LogP contribution in [0.15, 0.2) is 42.6 Å². The van der Waals surface area contributed by atoms with E-state index < -0.39 is 5.97 Å². The maximum absolute atomic E-state index is 13.3. The molecule has 0 bridgehead atoms. The first-order chi connectivity index (χ1) is 16.1. The van der Waals surface area contributed by atoms with Crippen molar-refractivity contribution in [2.45, 2.75) is 44.6 Å². The van der Waals surface area contributed by atoms with Crippen LogP contribution in [0.25, 0.3) is 22.3 Å². The molecule has 7 heteroatoms. The number of morpholine rings is 1. The molecule has 1 aliphatic carbocycles. The number of carbonyl (C=O) groups is 2. The number of amides is 1. The van der Waals surface area contributed by atoms with Crippen LogP contribution in [0.4, 0.5) is 0 Å². The van der Waals surface area contributed by atoms with Gasteiger partial charge in [0.2, 0.25) is 5.91 Å². The van der Waals surface area contributed by atoms with E-state index >= 15 is 0 Å². The van der Waals surface area contributed by atoms with Gasteiger partial charge in [0.15, 0.2) is 0 Å². The van der Waals surface area contributed by atoms with E-state index in [4.69, 9.17) is 4.74 Å². The fourth-order valence-corrected chi connectivity index (χ4v) is 5.31. The second kappa shape index (κ2) is 9.35. The summed E-state index contributed by atoms with van der Waals surface area (Å²) in [7, 11) is 0. The number of carboxylic acid groups (broad SMARTS) is 1. The molecule has 172 valence electrons. The van der Waals surface area contributed by atoms with Gasteiger partial charge in [-0.05, 0) is 48.6 Å². The lowest BCUT2D eigenvalue weighted by atomic mass is 9.82. The number of benzene rings is 1. The molecule has 7 nitrogen and oxygen atoms in total. The van der Waals surface area contributed by atoms with Crippen molar-refractivity contribution in [1.82, 2.24) is 14.5 Å². The van der Waals surface area contributed by atoms with Crippen LogP contribution in [0.1, 0.15) is 53.9 Å². The van der Waals surface area contributed by atoms with Crippen LogP contribution in [-0.4, -0.2) is 57.7 Å². The number of aromatic nitrogens is 2. The SMILES string of the molecule is O=C(O)c1ccc2c(C3CCCCC3)c(-c3ccccn3)n(CC(=O)N3CCOCC3)c2c1. The Morgan fingerprint density at radius 3 is 2.55 bits per heavy atom. The summed E-state index contributed by atoms with van der Waals surface area (Å²) in [6, 6.07) is 11.1. The van der Waals surface area contributed by atoms with Crippen LogP contribution in [0.2, 0.25) is 0 Å². The summed E-state index contributed by atoms with van der Waals surface area (Å²) in [6.07, 6.45) is 7.56. The van der Waals surface area contributed by atoms with Gasteiger partial charge in [-0.25, -0.2) is 4.79 Å². The third-order valence-electron chi connectivity index (χ3n) is 6.93. The molecule has 3 aromatic rings. The number of pyridine rings is 1. The van der Waals surface area contributed by atoms with Gasteiger partial charge in [-0.1, -0.05) is 31.4 Å². The summed E-state index contributed by atoms with van der Waals surface area (Å²) in [4.78, 5) is 31.6. The zero-order chi connectivity index (χ0) is 22.8. The molecule has 5 rings (SSSR count). The molecule has 0 atom stereocenters. The second-order valence-corrected chi connectivity index (χ2v) is 8.93. The van der Waals surface area contributed by atoms with Crippen molar-refractivity contribution in [3.8, 4) is 11.4 Å². The number of carboxylic acids is 1. The van der Waals surface area contributed by atoms with Crippen molar-refractivity contribution >= 4 is 22.8 Å². The van der Waals surface area contributed by atoms with Gasteiger partial charge in [0.25, 0.3) is 0 Å². The standard InChI is InChI=1S/C26H29N3O4/c30-23(28-12-14-33-15-13-28)17-29-22-16-19(26(31)32)9-10-20(22)24(18-6-2-1-3-7-18)25(29)21-8-4-5-11-27-21/h4-5,8-11,16,18H,1-3,6-7,12-15,17H2,(H,31,32). The summed E-state index contributed by atoms with van der Waals surface area (Å²) < 4.78 is 7.42. The molecule has 0 radical (unpaired) electrons. The number of aromatic carboxylic acids is 1. The Hall–Kier alpha value is -3.19. The molecule has 2 fully saturated rings. The van der Waals surface area contributed by atoms with Crippen molar-refractivity contribution in [3.05, 3.63) is 53.7 Å². The third kappa shape index (κ3) is 4.25. The van der Waals surface area contributed by atoms with Gasteiger partial charge in [-0.2, -0.15) is 0 Å². The molecule has 2 aromatic heterocycles. The van der Waals surface area contributed by atoms with E-state index in [0.717, 1.165) is 35.1 Å². The highest BCUT2D eigenvalue weighted by atomic mass is 16.5. The van der Waals surface area contributed by atoms with Crippen LogP contribution >= 0.6 is 0 Å². The molecule has 3 heterocycles. The zero-order valence-corrected chi connectivity index (χ0v) is 18.7. The first kappa shape index (κ1) is 21.6. The van der Waals surface area contributed by atoms with Gasteiger partial charge < -0.3 is 19.3 Å². The van der Waals surface area contributed by atoms with Gasteiger partial charge in [0.05, 0.1) is 35.7 Å². The summed E-state index contributed by atoms with van der Waals surface area (Å²) >= 11 is 0. The highest BCUT2D eigenvalue weighted by Gasteiger charge is 2.29. The number of fused-ring (bicyclic) bond motifs is 1. The van der Waals surface area contributed by atoms with Crippen molar-refractivity contribution in [2.75, 3.05) is 26.3 Å². The van der Waals surface area contributed by atoms with E-state index in [-0.39, 0.29) is 18.0 Å². The van der Waals surface area contributed by atoms with Crippen molar-refractivity contribution in [3.63, 3.8) is 0 Å². The lowest BCUT2D eigenvalue weighted by Gasteiger charge is -2.27. The lowest BCUT2D eigenvalue weighted by Crippen LogP contribution is -2.42. The molecule has 1 aromatic carbocycles. The summed E-state index contributed by atoms with van der Waals surface area (Å²) in [5.41, 5.74) is 3.98. The molecule has 33 heavy (non-hydrogen) atoms. The molecule has 2 aliphatic rings. The number of hydrogen-bond acceptors (Lipinski definition) is 4. The number of carbonyl (C=O) groups excluding carboxylic acids is 1. The van der Waals surface area contributed by atoms with E-state index in [0.29, 0.717) is 32.2 Å². The largest absolute Gasteiger partial charge is 0.478 e. The number of ether oxygens (including phenoxy) is 1. The topological polar surface area (TPSA) is 84.7 Å². The van der Waals surface area contributed by atoms with E-state index in [9.17, 15) is 14.7 Å². The van der Waals surface area contributed by atoms with Gasteiger partial charge >= 0.3 is 5.97 Å². The Bertz CT molecular complexity index is 1160. The molecule has 1 N–H and O–H groups in total. The van der Waals surface area contributed by atoms with Crippen LogP contribution < -0.4 is 0 Å². The third-order valence-corrected chi connectivity index (χ3v) is 6.93. The summed E-state index contributed by atoms with van der Waals surface area (Å²) in [5, 5.41) is 10.7. The molecule has 0 spiro atoms. The highest BCUT2D eigenvalue weighted by Crippen LogP contribution is 2.43. The van der Waals surface area contributed by atoms with Gasteiger partial charge in [0.1, 0.15) is 6.54 Å². The monoisotopic (exact) mass is 447 g/mol. The van der Waals surface area contributed by atoms with Crippen LogP contribution in [-0.2, 0) is 16.1 Å². The van der Waals surface area contributed by atoms with Crippen LogP contribution in [0, 0.1) is 0 Å². The highest BCUT2D eigenvalue weighted by molar-refractivity contribution is 5.98. The molecular formula is C26H29N3O4. The van der Waals surface area contributed by atoms with Crippen molar-refractivity contribution in [1.29, 1.82) is 0 Å². The fraction of sp³-hybridized carbons (Fsp3) is 0.423. The molecule has 1 amide bonds. The van der Waals surface area contributed by atoms with Gasteiger partial charge in [0, 0.05) is 24.7 Å². The smallest absolute Gasteiger partial charge is 0.335 e. The Morgan fingerprint density at radius 1 is 1.06 bits per heavy atom. The molecular weight excluding hydrogens is 418 g/mol. The average molecular weight is 448 g/mol. The van der Waals surface area contributed by atoms with E-state index in [1.54, 1.807) is 18.3 Å². The maximum atomic E-state index is 13.3. The van der Waals surface area contributed by atoms with E-state index in [1.165, 1.54) is 24.8 Å². The van der Waals surface area contributed by atoms with Crippen LogP contribution in [0.3, 0.4) is 0 Å². The number of hydrogen-bond donors (Lipinski definition) is 1. The molecule has 1 saturated carbocycles. The molecule has 1 saturated heterocycles. The lowest BCUT2D eigenvalue weighted by molar-refractivity contribution is -0.135. The Kier molecular flexibility index (Phi) is 6.13. The summed E-state index contributed by atoms with van der Waals surface area (Å²) in [6.45, 7) is 2.39. The average Bonchev–Trinajstić information content (AvgIpc) is 3.19. The van der Waals surface area contributed by atoms with Crippen molar-refractivity contribution < 1.29 is 19.4 Å². The fourth-order valence-electron chi connectivity index (χ4n) is 5.31. The van der Waals surface area contributed by atoms with Gasteiger partial charge in [-0.3, -0.25) is 9.78 Å². The van der Waals surface area contributed by atoms with Gasteiger partial charge in [-0.15, -0.1) is 0 Å².